The summed E-state index contributed by atoms with van der Waals surface area (Å²) in [6, 6.07) is 5.64. The fraction of sp³-hybridized carbons (Fsp3) is 0.400. The van der Waals surface area contributed by atoms with Gasteiger partial charge < -0.3 is 5.32 Å². The van der Waals surface area contributed by atoms with Crippen LogP contribution in [0.1, 0.15) is 32.4 Å². The summed E-state index contributed by atoms with van der Waals surface area (Å²) in [5.41, 5.74) is 1.69. The molecular weight excluding hydrogens is 423 g/mol. The van der Waals surface area contributed by atoms with Crippen LogP contribution in [0.4, 0.5) is 10.1 Å². The van der Waals surface area contributed by atoms with Crippen LogP contribution in [0.15, 0.2) is 29.6 Å². The molecule has 30 heavy (non-hydrogen) atoms. The Bertz CT molecular complexity index is 981. The molecule has 1 aliphatic rings. The van der Waals surface area contributed by atoms with Crippen molar-refractivity contribution in [2.24, 2.45) is 0 Å². The van der Waals surface area contributed by atoms with Gasteiger partial charge in [-0.15, -0.1) is 21.5 Å². The van der Waals surface area contributed by atoms with Crippen molar-refractivity contribution in [2.45, 2.75) is 26.4 Å². The number of thiazole rings is 1. The molecule has 3 aromatic rings. The van der Waals surface area contributed by atoms with Gasteiger partial charge in [0.05, 0.1) is 17.2 Å². The van der Waals surface area contributed by atoms with Gasteiger partial charge in [-0.1, -0.05) is 18.3 Å². The predicted octanol–water partition coefficient (Wildman–Crippen LogP) is 3.27. The smallest absolute Gasteiger partial charge is 0.286 e. The van der Waals surface area contributed by atoms with Gasteiger partial charge in [0.15, 0.2) is 0 Å². The fourth-order valence-electron chi connectivity index (χ4n) is 3.24. The molecule has 1 amide bonds. The number of rotatable bonds is 7. The van der Waals surface area contributed by atoms with E-state index in [1.165, 1.54) is 40.6 Å². The van der Waals surface area contributed by atoms with Crippen molar-refractivity contribution in [1.29, 1.82) is 0 Å². The van der Waals surface area contributed by atoms with Gasteiger partial charge in [0.25, 0.3) is 5.91 Å². The maximum atomic E-state index is 13.0. The number of amides is 1. The molecule has 0 bridgehead atoms. The van der Waals surface area contributed by atoms with E-state index in [4.69, 9.17) is 0 Å². The highest BCUT2D eigenvalue weighted by Crippen LogP contribution is 2.17. The number of anilines is 1. The second-order valence-corrected chi connectivity index (χ2v) is 9.11. The molecule has 158 valence electrons. The molecule has 0 aliphatic carbocycles. The lowest BCUT2D eigenvalue weighted by Crippen LogP contribution is -2.45. The first-order chi connectivity index (χ1) is 14.6. The number of benzene rings is 1. The molecule has 0 atom stereocenters. The van der Waals surface area contributed by atoms with Gasteiger partial charge in [-0.25, -0.2) is 9.37 Å². The molecule has 1 aromatic carbocycles. The molecule has 0 saturated carbocycles. The van der Waals surface area contributed by atoms with Gasteiger partial charge in [0, 0.05) is 43.8 Å². The molecule has 2 aromatic heterocycles. The first kappa shape index (κ1) is 21.0. The van der Waals surface area contributed by atoms with Crippen molar-refractivity contribution in [2.75, 3.05) is 31.5 Å². The van der Waals surface area contributed by atoms with Crippen LogP contribution >= 0.6 is 22.7 Å². The zero-order valence-corrected chi connectivity index (χ0v) is 18.3. The fourth-order valence-corrected chi connectivity index (χ4v) is 4.75. The van der Waals surface area contributed by atoms with Crippen molar-refractivity contribution >= 4 is 34.3 Å². The summed E-state index contributed by atoms with van der Waals surface area (Å²) in [7, 11) is 0. The summed E-state index contributed by atoms with van der Waals surface area (Å²) >= 11 is 3.03. The lowest BCUT2D eigenvalue weighted by Gasteiger charge is -2.33. The standard InChI is InChI=1S/C20H23FN6OS2/c1-2-17-22-16(13-29-17)11-26-7-9-27(10-8-26)12-18-24-25-20(30-18)19(28)23-15-5-3-14(21)4-6-15/h3-6,13H,2,7-12H2,1H3,(H,23,28). The van der Waals surface area contributed by atoms with E-state index < -0.39 is 0 Å². The maximum absolute atomic E-state index is 13.0. The Morgan fingerprint density at radius 2 is 1.77 bits per heavy atom. The SMILES string of the molecule is CCc1nc(CN2CCN(Cc3nnc(C(=O)Nc4ccc(F)cc4)s3)CC2)cs1. The molecule has 0 unspecified atom stereocenters. The number of piperazine rings is 1. The van der Waals surface area contributed by atoms with Gasteiger partial charge in [0.1, 0.15) is 10.8 Å². The molecule has 4 rings (SSSR count). The Morgan fingerprint density at radius 3 is 2.43 bits per heavy atom. The Kier molecular flexibility index (Phi) is 6.78. The highest BCUT2D eigenvalue weighted by Gasteiger charge is 2.20. The van der Waals surface area contributed by atoms with E-state index in [-0.39, 0.29) is 11.7 Å². The minimum absolute atomic E-state index is 0.309. The van der Waals surface area contributed by atoms with Crippen molar-refractivity contribution in [3.05, 3.63) is 56.2 Å². The second-order valence-electron chi connectivity index (χ2n) is 7.10. The first-order valence-electron chi connectivity index (χ1n) is 9.86. The Hall–Kier alpha value is -2.27. The van der Waals surface area contributed by atoms with Gasteiger partial charge in [-0.2, -0.15) is 0 Å². The van der Waals surface area contributed by atoms with Crippen LogP contribution in [0, 0.1) is 5.82 Å². The summed E-state index contributed by atoms with van der Waals surface area (Å²) in [6.45, 7) is 7.57. The summed E-state index contributed by atoms with van der Waals surface area (Å²) in [6.07, 6.45) is 0.990. The Balaban J connectivity index is 1.25. The van der Waals surface area contributed by atoms with E-state index >= 15 is 0 Å². The Morgan fingerprint density at radius 1 is 1.07 bits per heavy atom. The second kappa shape index (κ2) is 9.69. The van der Waals surface area contributed by atoms with E-state index in [1.54, 1.807) is 11.3 Å². The third-order valence-corrected chi connectivity index (χ3v) is 6.82. The Labute approximate surface area is 182 Å². The summed E-state index contributed by atoms with van der Waals surface area (Å²) in [5, 5.41) is 15.4. The van der Waals surface area contributed by atoms with E-state index in [0.29, 0.717) is 17.2 Å². The van der Waals surface area contributed by atoms with Crippen molar-refractivity contribution in [3.63, 3.8) is 0 Å². The lowest BCUT2D eigenvalue weighted by molar-refractivity contribution is 0.102. The van der Waals surface area contributed by atoms with E-state index in [2.05, 4.69) is 42.6 Å². The predicted molar refractivity (Wildman–Crippen MR) is 116 cm³/mol. The molecule has 0 radical (unpaired) electrons. The van der Waals surface area contributed by atoms with Crippen LogP contribution in [-0.2, 0) is 19.5 Å². The number of halogens is 1. The summed E-state index contributed by atoms with van der Waals surface area (Å²) in [4.78, 5) is 21.7. The number of carbonyl (C=O) groups is 1. The number of hydrogen-bond acceptors (Lipinski definition) is 8. The molecule has 1 fully saturated rings. The van der Waals surface area contributed by atoms with Gasteiger partial charge in [-0.05, 0) is 30.7 Å². The largest absolute Gasteiger partial charge is 0.320 e. The number of carbonyl (C=O) groups excluding carboxylic acids is 1. The quantitative estimate of drug-likeness (QED) is 0.601. The molecule has 1 N–H and O–H groups in total. The average molecular weight is 447 g/mol. The number of nitrogens with one attached hydrogen (secondary N) is 1. The highest BCUT2D eigenvalue weighted by molar-refractivity contribution is 7.13. The summed E-state index contributed by atoms with van der Waals surface area (Å²) in [5.74, 6) is -0.673. The average Bonchev–Trinajstić information content (AvgIpc) is 3.41. The van der Waals surface area contributed by atoms with Crippen LogP contribution in [0.25, 0.3) is 0 Å². The van der Waals surface area contributed by atoms with Crippen LogP contribution < -0.4 is 5.32 Å². The number of hydrogen-bond donors (Lipinski definition) is 1. The van der Waals surface area contributed by atoms with Crippen molar-refractivity contribution in [3.8, 4) is 0 Å². The van der Waals surface area contributed by atoms with Gasteiger partial charge >= 0.3 is 0 Å². The first-order valence-corrected chi connectivity index (χ1v) is 11.6. The molecule has 7 nitrogen and oxygen atoms in total. The van der Waals surface area contributed by atoms with Crippen LogP contribution in [0.2, 0.25) is 0 Å². The number of aromatic nitrogens is 3. The van der Waals surface area contributed by atoms with E-state index in [9.17, 15) is 9.18 Å². The van der Waals surface area contributed by atoms with E-state index in [1.807, 2.05) is 0 Å². The van der Waals surface area contributed by atoms with Crippen molar-refractivity contribution in [1.82, 2.24) is 25.0 Å². The third-order valence-electron chi connectivity index (χ3n) is 4.87. The molecule has 10 heteroatoms. The van der Waals surface area contributed by atoms with Gasteiger partial charge in [-0.3, -0.25) is 14.6 Å². The minimum atomic E-state index is -0.344. The van der Waals surface area contributed by atoms with Crippen LogP contribution in [0.5, 0.6) is 0 Å². The minimum Gasteiger partial charge on any atom is -0.320 e. The zero-order chi connectivity index (χ0) is 20.9. The maximum Gasteiger partial charge on any atom is 0.286 e. The molecule has 0 spiro atoms. The van der Waals surface area contributed by atoms with Crippen LogP contribution in [-0.4, -0.2) is 57.1 Å². The van der Waals surface area contributed by atoms with Crippen LogP contribution in [0.3, 0.4) is 0 Å². The zero-order valence-electron chi connectivity index (χ0n) is 16.7. The summed E-state index contributed by atoms with van der Waals surface area (Å²) < 4.78 is 13.0. The molecule has 1 aliphatic heterocycles. The number of nitrogens with zero attached hydrogens (tertiary/aromatic N) is 5. The topological polar surface area (TPSA) is 74.2 Å². The highest BCUT2D eigenvalue weighted by atomic mass is 32.1. The van der Waals surface area contributed by atoms with Crippen molar-refractivity contribution < 1.29 is 9.18 Å². The molecular formula is C20H23FN6OS2. The normalized spacial score (nSPS) is 15.4. The number of aryl methyl sites for hydroxylation is 1. The molecule has 3 heterocycles. The van der Waals surface area contributed by atoms with E-state index in [0.717, 1.165) is 49.8 Å². The molecule has 1 saturated heterocycles. The van der Waals surface area contributed by atoms with Gasteiger partial charge in [0.2, 0.25) is 5.01 Å². The lowest BCUT2D eigenvalue weighted by atomic mass is 10.3. The third kappa shape index (κ3) is 5.45. The monoisotopic (exact) mass is 446 g/mol.